The van der Waals surface area contributed by atoms with Gasteiger partial charge in [0.2, 0.25) is 10.0 Å². The van der Waals surface area contributed by atoms with E-state index in [-0.39, 0.29) is 18.7 Å². The minimum Gasteiger partial charge on any atom is -0.312 e. The summed E-state index contributed by atoms with van der Waals surface area (Å²) in [4.78, 5) is 12.9. The van der Waals surface area contributed by atoms with Crippen molar-refractivity contribution in [2.45, 2.75) is 32.6 Å². The highest BCUT2D eigenvalue weighted by atomic mass is 32.2. The number of carbonyl (C=O) groups excluding carboxylic acids is 1. The molecule has 1 N–H and O–H groups in total. The molecule has 0 saturated carbocycles. The highest BCUT2D eigenvalue weighted by Gasteiger charge is 2.26. The molecule has 1 heterocycles. The van der Waals surface area contributed by atoms with Crippen LogP contribution in [-0.2, 0) is 10.0 Å². The Balaban J connectivity index is 2.43. The minimum absolute atomic E-state index is 0.00488. The van der Waals surface area contributed by atoms with Gasteiger partial charge in [-0.1, -0.05) is 13.8 Å². The zero-order valence-corrected chi connectivity index (χ0v) is 17.1. The number of anilines is 1. The second-order valence-corrected chi connectivity index (χ2v) is 8.92. The first-order valence-electron chi connectivity index (χ1n) is 8.28. The topological polar surface area (TPSA) is 90.3 Å². The van der Waals surface area contributed by atoms with Gasteiger partial charge in [-0.3, -0.25) is 4.79 Å². The van der Waals surface area contributed by atoms with Gasteiger partial charge >= 0.3 is 0 Å². The van der Waals surface area contributed by atoms with E-state index in [1.54, 1.807) is 20.8 Å². The van der Waals surface area contributed by atoms with E-state index >= 15 is 0 Å². The van der Waals surface area contributed by atoms with Crippen molar-refractivity contribution >= 4 is 32.3 Å². The van der Waals surface area contributed by atoms with Crippen molar-refractivity contribution in [3.8, 4) is 6.07 Å². The average Bonchev–Trinajstić information content (AvgIpc) is 2.89. The second-order valence-electron chi connectivity index (χ2n) is 5.79. The largest absolute Gasteiger partial charge is 0.312 e. The highest BCUT2D eigenvalue weighted by Crippen LogP contribution is 2.32. The van der Waals surface area contributed by atoms with E-state index in [1.807, 2.05) is 13.0 Å². The molecule has 0 aliphatic heterocycles. The summed E-state index contributed by atoms with van der Waals surface area (Å²) in [5, 5.41) is 12.3. The van der Waals surface area contributed by atoms with Crippen LogP contribution in [0, 0.1) is 31.0 Å². The molecular weight excluding hydrogens is 389 g/mol. The molecule has 6 nitrogen and oxygen atoms in total. The van der Waals surface area contributed by atoms with Crippen molar-refractivity contribution in [2.75, 3.05) is 18.4 Å². The molecule has 1 aromatic heterocycles. The summed E-state index contributed by atoms with van der Waals surface area (Å²) in [6, 6.07) is 5.25. The number of halogens is 1. The Morgan fingerprint density at radius 3 is 2.48 bits per heavy atom. The molecule has 0 aliphatic rings. The lowest BCUT2D eigenvalue weighted by molar-refractivity contribution is 0.102. The number of nitrogens with one attached hydrogen (secondary N) is 1. The van der Waals surface area contributed by atoms with E-state index in [4.69, 9.17) is 0 Å². The van der Waals surface area contributed by atoms with Gasteiger partial charge in [0, 0.05) is 23.5 Å². The molecule has 2 aromatic rings. The normalized spacial score (nSPS) is 11.4. The predicted octanol–water partition coefficient (Wildman–Crippen LogP) is 3.66. The molecule has 0 aliphatic carbocycles. The number of rotatable bonds is 6. The molecule has 0 bridgehead atoms. The Morgan fingerprint density at radius 1 is 1.30 bits per heavy atom. The van der Waals surface area contributed by atoms with Gasteiger partial charge in [0.1, 0.15) is 21.8 Å². The maximum atomic E-state index is 14.2. The van der Waals surface area contributed by atoms with Crippen LogP contribution < -0.4 is 5.32 Å². The molecule has 144 valence electrons. The number of nitriles is 1. The zero-order chi connectivity index (χ0) is 20.4. The fraction of sp³-hybridized carbons (Fsp3) is 0.333. The van der Waals surface area contributed by atoms with Crippen molar-refractivity contribution in [2.24, 2.45) is 0 Å². The van der Waals surface area contributed by atoms with Crippen LogP contribution in [0.2, 0.25) is 0 Å². The van der Waals surface area contributed by atoms with Crippen molar-refractivity contribution < 1.29 is 17.6 Å². The first-order chi connectivity index (χ1) is 12.7. The SMILES string of the molecule is CCN(CC)S(=O)(=O)c1cc(C(=O)Nc2sc(C)c(C)c2C#N)ccc1F. The lowest BCUT2D eigenvalue weighted by atomic mass is 10.1. The third-order valence-corrected chi connectivity index (χ3v) is 7.43. The Labute approximate surface area is 162 Å². The smallest absolute Gasteiger partial charge is 0.256 e. The van der Waals surface area contributed by atoms with Crippen LogP contribution in [0.5, 0.6) is 0 Å². The molecule has 0 atom stereocenters. The number of benzene rings is 1. The van der Waals surface area contributed by atoms with Gasteiger partial charge < -0.3 is 5.32 Å². The van der Waals surface area contributed by atoms with Crippen LogP contribution in [-0.4, -0.2) is 31.7 Å². The van der Waals surface area contributed by atoms with Gasteiger partial charge in [0.05, 0.1) is 5.56 Å². The summed E-state index contributed by atoms with van der Waals surface area (Å²) in [5.74, 6) is -1.53. The summed E-state index contributed by atoms with van der Waals surface area (Å²) in [6.45, 7) is 7.30. The first-order valence-corrected chi connectivity index (χ1v) is 10.5. The lowest BCUT2D eigenvalue weighted by Gasteiger charge is -2.19. The molecule has 2 rings (SSSR count). The van der Waals surface area contributed by atoms with Crippen LogP contribution in [0.4, 0.5) is 9.39 Å². The van der Waals surface area contributed by atoms with Crippen LogP contribution in [0.1, 0.15) is 40.2 Å². The number of sulfonamides is 1. The van der Waals surface area contributed by atoms with Crippen LogP contribution >= 0.6 is 11.3 Å². The predicted molar refractivity (Wildman–Crippen MR) is 103 cm³/mol. The van der Waals surface area contributed by atoms with Crippen LogP contribution in [0.3, 0.4) is 0 Å². The first kappa shape index (κ1) is 21.0. The molecular formula is C18H20FN3O3S2. The third kappa shape index (κ3) is 4.03. The van der Waals surface area contributed by atoms with Gasteiger partial charge in [-0.05, 0) is 37.6 Å². The Bertz CT molecular complexity index is 1020. The standard InChI is InChI=1S/C18H20FN3O3S2/c1-5-22(6-2)27(24,25)16-9-13(7-8-15(16)19)17(23)21-18-14(10-20)11(3)12(4)26-18/h7-9H,5-6H2,1-4H3,(H,21,23). The Hall–Kier alpha value is -2.28. The maximum absolute atomic E-state index is 14.2. The molecule has 1 aromatic carbocycles. The number of hydrogen-bond acceptors (Lipinski definition) is 5. The molecule has 27 heavy (non-hydrogen) atoms. The van der Waals surface area contributed by atoms with Gasteiger partial charge in [0.15, 0.2) is 0 Å². The molecule has 1 amide bonds. The van der Waals surface area contributed by atoms with E-state index in [0.29, 0.717) is 10.6 Å². The van der Waals surface area contributed by atoms with Gasteiger partial charge in [-0.2, -0.15) is 9.57 Å². The summed E-state index contributed by atoms with van der Waals surface area (Å²) in [7, 11) is -4.05. The van der Waals surface area contributed by atoms with Crippen LogP contribution in [0.25, 0.3) is 0 Å². The van der Waals surface area contributed by atoms with E-state index < -0.39 is 26.6 Å². The maximum Gasteiger partial charge on any atom is 0.256 e. The number of aryl methyl sites for hydroxylation is 1. The van der Waals surface area contributed by atoms with Crippen LogP contribution in [0.15, 0.2) is 23.1 Å². The molecule has 0 radical (unpaired) electrons. The van der Waals surface area contributed by atoms with E-state index in [1.165, 1.54) is 17.4 Å². The molecule has 9 heteroatoms. The Kier molecular flexibility index (Phi) is 6.36. The molecule has 0 spiro atoms. The molecule has 0 saturated heterocycles. The number of amides is 1. The summed E-state index contributed by atoms with van der Waals surface area (Å²) >= 11 is 1.26. The fourth-order valence-corrected chi connectivity index (χ4v) is 5.12. The van der Waals surface area contributed by atoms with Crippen molar-refractivity contribution in [1.82, 2.24) is 4.31 Å². The fourth-order valence-electron chi connectivity index (χ4n) is 2.57. The van der Waals surface area contributed by atoms with Gasteiger partial charge in [-0.15, -0.1) is 11.3 Å². The van der Waals surface area contributed by atoms with E-state index in [0.717, 1.165) is 26.9 Å². The number of nitrogens with zero attached hydrogens (tertiary/aromatic N) is 2. The number of thiophene rings is 1. The summed E-state index contributed by atoms with van der Waals surface area (Å²) in [6.07, 6.45) is 0. The van der Waals surface area contributed by atoms with Crippen molar-refractivity contribution in [1.29, 1.82) is 5.26 Å². The quantitative estimate of drug-likeness (QED) is 0.788. The summed E-state index contributed by atoms with van der Waals surface area (Å²) < 4.78 is 40.5. The van der Waals surface area contributed by atoms with Crippen molar-refractivity contribution in [3.05, 3.63) is 45.6 Å². The van der Waals surface area contributed by atoms with Gasteiger partial charge in [0.25, 0.3) is 5.91 Å². The van der Waals surface area contributed by atoms with Gasteiger partial charge in [-0.25, -0.2) is 12.8 Å². The zero-order valence-electron chi connectivity index (χ0n) is 15.5. The molecule has 0 fully saturated rings. The Morgan fingerprint density at radius 2 is 1.93 bits per heavy atom. The minimum atomic E-state index is -4.05. The number of hydrogen-bond donors (Lipinski definition) is 1. The third-order valence-electron chi connectivity index (χ3n) is 4.24. The summed E-state index contributed by atoms with van der Waals surface area (Å²) in [5.41, 5.74) is 1.14. The molecule has 0 unspecified atom stereocenters. The van der Waals surface area contributed by atoms with E-state index in [9.17, 15) is 22.9 Å². The van der Waals surface area contributed by atoms with Crippen molar-refractivity contribution in [3.63, 3.8) is 0 Å². The monoisotopic (exact) mass is 409 g/mol. The lowest BCUT2D eigenvalue weighted by Crippen LogP contribution is -2.31. The highest BCUT2D eigenvalue weighted by molar-refractivity contribution is 7.89. The van der Waals surface area contributed by atoms with E-state index in [2.05, 4.69) is 5.32 Å². The average molecular weight is 410 g/mol. The number of carbonyl (C=O) groups is 1. The second kappa shape index (κ2) is 8.17.